The average Bonchev–Trinajstić information content (AvgIpc) is 2.63. The van der Waals surface area contributed by atoms with Crippen LogP contribution in [0.1, 0.15) is 22.3 Å². The van der Waals surface area contributed by atoms with Crippen molar-refractivity contribution in [1.82, 2.24) is 10.6 Å². The molecular formula is C20H27N3O2. The monoisotopic (exact) mass is 341 g/mol. The zero-order valence-corrected chi connectivity index (χ0v) is 15.6. The minimum Gasteiger partial charge on any atom is -0.497 e. The number of methoxy groups -OCH3 is 2. The van der Waals surface area contributed by atoms with E-state index in [0.717, 1.165) is 29.6 Å². The fourth-order valence-corrected chi connectivity index (χ4v) is 2.62. The first kappa shape index (κ1) is 18.6. The van der Waals surface area contributed by atoms with Crippen molar-refractivity contribution in [2.75, 3.05) is 21.3 Å². The lowest BCUT2D eigenvalue weighted by atomic mass is 10.1. The lowest BCUT2D eigenvalue weighted by molar-refractivity contribution is 0.390. The number of hydrogen-bond donors (Lipinski definition) is 2. The maximum Gasteiger partial charge on any atom is 0.191 e. The van der Waals surface area contributed by atoms with Crippen molar-refractivity contribution in [3.05, 3.63) is 58.7 Å². The fourth-order valence-electron chi connectivity index (χ4n) is 2.62. The van der Waals surface area contributed by atoms with E-state index in [1.807, 2.05) is 18.2 Å². The van der Waals surface area contributed by atoms with Gasteiger partial charge in [0, 0.05) is 31.8 Å². The summed E-state index contributed by atoms with van der Waals surface area (Å²) in [5, 5.41) is 6.67. The molecule has 0 radical (unpaired) electrons. The lowest BCUT2D eigenvalue weighted by Gasteiger charge is -2.15. The molecule has 0 aliphatic heterocycles. The first-order chi connectivity index (χ1) is 12.1. The molecule has 0 aliphatic rings. The second-order valence-electron chi connectivity index (χ2n) is 5.89. The molecule has 0 aliphatic carbocycles. The second-order valence-corrected chi connectivity index (χ2v) is 5.89. The van der Waals surface area contributed by atoms with Crippen molar-refractivity contribution in [2.45, 2.75) is 26.9 Å². The molecule has 0 saturated carbocycles. The van der Waals surface area contributed by atoms with Crippen LogP contribution in [0.2, 0.25) is 0 Å². The van der Waals surface area contributed by atoms with E-state index in [1.165, 1.54) is 16.7 Å². The zero-order chi connectivity index (χ0) is 18.2. The summed E-state index contributed by atoms with van der Waals surface area (Å²) in [6, 6.07) is 12.3. The Bertz CT molecular complexity index is 742. The van der Waals surface area contributed by atoms with E-state index < -0.39 is 0 Å². The number of rotatable bonds is 6. The maximum atomic E-state index is 5.43. The number of ether oxygens (including phenoxy) is 2. The number of hydrogen-bond acceptors (Lipinski definition) is 3. The molecule has 2 aromatic rings. The van der Waals surface area contributed by atoms with Gasteiger partial charge < -0.3 is 20.1 Å². The molecule has 0 saturated heterocycles. The van der Waals surface area contributed by atoms with Gasteiger partial charge in [0.05, 0.1) is 14.2 Å². The molecule has 0 heterocycles. The van der Waals surface area contributed by atoms with Crippen LogP contribution in [-0.2, 0) is 13.1 Å². The van der Waals surface area contributed by atoms with Gasteiger partial charge in [-0.05, 0) is 37.1 Å². The summed E-state index contributed by atoms with van der Waals surface area (Å²) in [7, 11) is 5.07. The normalized spacial score (nSPS) is 11.2. The van der Waals surface area contributed by atoms with Gasteiger partial charge in [-0.1, -0.05) is 23.8 Å². The van der Waals surface area contributed by atoms with Gasteiger partial charge >= 0.3 is 0 Å². The molecule has 25 heavy (non-hydrogen) atoms. The smallest absolute Gasteiger partial charge is 0.191 e. The highest BCUT2D eigenvalue weighted by Gasteiger charge is 2.07. The van der Waals surface area contributed by atoms with Crippen molar-refractivity contribution in [1.29, 1.82) is 0 Å². The Kier molecular flexibility index (Phi) is 6.69. The van der Waals surface area contributed by atoms with E-state index in [9.17, 15) is 0 Å². The molecule has 5 heteroatoms. The summed E-state index contributed by atoms with van der Waals surface area (Å²) in [5.41, 5.74) is 4.85. The largest absolute Gasteiger partial charge is 0.497 e. The van der Waals surface area contributed by atoms with E-state index in [0.29, 0.717) is 6.54 Å². The molecule has 0 bridgehead atoms. The van der Waals surface area contributed by atoms with Gasteiger partial charge in [-0.3, -0.25) is 4.99 Å². The third kappa shape index (κ3) is 5.14. The van der Waals surface area contributed by atoms with E-state index in [2.05, 4.69) is 47.7 Å². The summed E-state index contributed by atoms with van der Waals surface area (Å²) in [4.78, 5) is 4.28. The van der Waals surface area contributed by atoms with Crippen molar-refractivity contribution in [3.8, 4) is 11.5 Å². The minimum absolute atomic E-state index is 0.611. The van der Waals surface area contributed by atoms with E-state index in [1.54, 1.807) is 21.3 Å². The number of guanidine groups is 1. The molecule has 0 amide bonds. The zero-order valence-electron chi connectivity index (χ0n) is 15.6. The highest BCUT2D eigenvalue weighted by molar-refractivity contribution is 5.79. The van der Waals surface area contributed by atoms with Crippen LogP contribution in [0.4, 0.5) is 0 Å². The van der Waals surface area contributed by atoms with Crippen LogP contribution in [0.15, 0.2) is 41.4 Å². The molecular weight excluding hydrogens is 314 g/mol. The quantitative estimate of drug-likeness (QED) is 0.626. The first-order valence-corrected chi connectivity index (χ1v) is 8.29. The predicted molar refractivity (Wildman–Crippen MR) is 103 cm³/mol. The molecule has 134 valence electrons. The number of nitrogens with one attached hydrogen (secondary N) is 2. The summed E-state index contributed by atoms with van der Waals surface area (Å²) in [5.74, 6) is 2.31. The molecule has 0 aromatic heterocycles. The Balaban J connectivity index is 1.96. The second kappa shape index (κ2) is 8.97. The van der Waals surface area contributed by atoms with Gasteiger partial charge in [-0.2, -0.15) is 0 Å². The number of nitrogens with zero attached hydrogens (tertiary/aromatic N) is 1. The van der Waals surface area contributed by atoms with Crippen molar-refractivity contribution >= 4 is 5.96 Å². The van der Waals surface area contributed by atoms with Crippen LogP contribution in [-0.4, -0.2) is 27.2 Å². The summed E-state index contributed by atoms with van der Waals surface area (Å²) >= 11 is 0. The Hall–Kier alpha value is -2.69. The average molecular weight is 341 g/mol. The number of benzene rings is 2. The maximum absolute atomic E-state index is 5.43. The van der Waals surface area contributed by atoms with Gasteiger partial charge in [-0.15, -0.1) is 0 Å². The van der Waals surface area contributed by atoms with Gasteiger partial charge in [0.1, 0.15) is 11.5 Å². The summed E-state index contributed by atoms with van der Waals surface area (Å²) < 4.78 is 10.7. The van der Waals surface area contributed by atoms with Crippen LogP contribution < -0.4 is 20.1 Å². The minimum atomic E-state index is 0.611. The van der Waals surface area contributed by atoms with Gasteiger partial charge in [0.25, 0.3) is 0 Å². The Morgan fingerprint density at radius 2 is 1.60 bits per heavy atom. The third-order valence-corrected chi connectivity index (χ3v) is 4.11. The summed E-state index contributed by atoms with van der Waals surface area (Å²) in [6.07, 6.45) is 0. The number of aryl methyl sites for hydroxylation is 2. The molecule has 0 fully saturated rings. The fraction of sp³-hybridized carbons (Fsp3) is 0.350. The van der Waals surface area contributed by atoms with E-state index in [4.69, 9.17) is 9.47 Å². The SMILES string of the molecule is CN=C(NCc1ccc(C)cc1C)NCc1ccc(OC)cc1OC. The standard InChI is InChI=1S/C20H27N3O2/c1-14-6-7-16(15(2)10-14)12-22-20(21-3)23-13-17-8-9-18(24-4)11-19(17)25-5/h6-11H,12-13H2,1-5H3,(H2,21,22,23). The molecule has 2 N–H and O–H groups in total. The van der Waals surface area contributed by atoms with Crippen LogP contribution in [0.3, 0.4) is 0 Å². The van der Waals surface area contributed by atoms with Gasteiger partial charge in [0.15, 0.2) is 5.96 Å². The van der Waals surface area contributed by atoms with Gasteiger partial charge in [0.2, 0.25) is 0 Å². The van der Waals surface area contributed by atoms with Crippen LogP contribution in [0.25, 0.3) is 0 Å². The van der Waals surface area contributed by atoms with Crippen LogP contribution in [0.5, 0.6) is 11.5 Å². The van der Waals surface area contributed by atoms with Crippen molar-refractivity contribution < 1.29 is 9.47 Å². The Morgan fingerprint density at radius 3 is 2.20 bits per heavy atom. The van der Waals surface area contributed by atoms with E-state index in [-0.39, 0.29) is 0 Å². The Labute approximate surface area is 150 Å². The van der Waals surface area contributed by atoms with Crippen molar-refractivity contribution in [3.63, 3.8) is 0 Å². The highest BCUT2D eigenvalue weighted by atomic mass is 16.5. The molecule has 5 nitrogen and oxygen atoms in total. The molecule has 2 aromatic carbocycles. The Morgan fingerprint density at radius 1 is 0.920 bits per heavy atom. The summed E-state index contributed by atoms with van der Waals surface area (Å²) in [6.45, 7) is 5.57. The lowest BCUT2D eigenvalue weighted by Crippen LogP contribution is -2.36. The predicted octanol–water partition coefficient (Wildman–Crippen LogP) is 3.19. The molecule has 0 spiro atoms. The third-order valence-electron chi connectivity index (χ3n) is 4.11. The van der Waals surface area contributed by atoms with E-state index >= 15 is 0 Å². The van der Waals surface area contributed by atoms with Crippen LogP contribution in [0, 0.1) is 13.8 Å². The van der Waals surface area contributed by atoms with Crippen molar-refractivity contribution in [2.24, 2.45) is 4.99 Å². The first-order valence-electron chi connectivity index (χ1n) is 8.29. The topological polar surface area (TPSA) is 54.9 Å². The molecule has 0 unspecified atom stereocenters. The molecule has 2 rings (SSSR count). The highest BCUT2D eigenvalue weighted by Crippen LogP contribution is 2.24. The molecule has 0 atom stereocenters. The van der Waals surface area contributed by atoms with Crippen LogP contribution >= 0.6 is 0 Å². The number of aliphatic imine (C=N–C) groups is 1. The van der Waals surface area contributed by atoms with Gasteiger partial charge in [-0.25, -0.2) is 0 Å².